The topological polar surface area (TPSA) is 151 Å². The zero-order chi connectivity index (χ0) is 23.2. The number of ether oxygens (including phenoxy) is 4. The molecule has 0 bridgehead atoms. The Labute approximate surface area is 175 Å². The van der Waals surface area contributed by atoms with Crippen molar-refractivity contribution in [2.45, 2.75) is 64.4 Å². The summed E-state index contributed by atoms with van der Waals surface area (Å²) in [6.45, 7) is 9.02. The van der Waals surface area contributed by atoms with Gasteiger partial charge in [0, 0.05) is 27.7 Å². The van der Waals surface area contributed by atoms with Crippen molar-refractivity contribution >= 4 is 33.7 Å². The molecule has 1 saturated heterocycles. The summed E-state index contributed by atoms with van der Waals surface area (Å²) in [5.41, 5.74) is -1.38. The highest BCUT2D eigenvalue weighted by molar-refractivity contribution is 7.92. The summed E-state index contributed by atoms with van der Waals surface area (Å²) in [5.74, 6) is -3.38. The predicted octanol–water partition coefficient (Wildman–Crippen LogP) is -0.367. The van der Waals surface area contributed by atoms with Crippen molar-refractivity contribution in [1.82, 2.24) is 5.32 Å². The fraction of sp³-hybridized carbons (Fsp3) is 0.667. The van der Waals surface area contributed by atoms with Crippen LogP contribution in [-0.4, -0.2) is 74.4 Å². The van der Waals surface area contributed by atoms with Crippen molar-refractivity contribution in [1.29, 1.82) is 0 Å². The summed E-state index contributed by atoms with van der Waals surface area (Å²) in [6, 6.07) is -1.39. The Hall–Kier alpha value is -2.47. The maximum Gasteiger partial charge on any atom is 0.303 e. The molecule has 0 spiro atoms. The van der Waals surface area contributed by atoms with Crippen molar-refractivity contribution in [2.24, 2.45) is 0 Å². The third kappa shape index (κ3) is 7.41. The quantitative estimate of drug-likeness (QED) is 0.295. The van der Waals surface area contributed by atoms with Gasteiger partial charge in [-0.3, -0.25) is 19.2 Å². The Bertz CT molecular complexity index is 806. The average molecular weight is 449 g/mol. The van der Waals surface area contributed by atoms with Gasteiger partial charge in [0.05, 0.1) is 5.75 Å². The molecule has 11 nitrogen and oxygen atoms in total. The van der Waals surface area contributed by atoms with E-state index in [2.05, 4.69) is 11.9 Å². The third-order valence-electron chi connectivity index (χ3n) is 3.87. The highest BCUT2D eigenvalue weighted by Gasteiger charge is 2.54. The van der Waals surface area contributed by atoms with E-state index in [1.807, 2.05) is 0 Å². The number of hydrogen-bond acceptors (Lipinski definition) is 10. The molecule has 12 heteroatoms. The molecular weight excluding hydrogens is 422 g/mol. The van der Waals surface area contributed by atoms with Gasteiger partial charge in [-0.05, 0) is 6.92 Å². The molecule has 0 aliphatic carbocycles. The highest BCUT2D eigenvalue weighted by Crippen LogP contribution is 2.30. The number of carbonyl (C=O) groups excluding carboxylic acids is 4. The van der Waals surface area contributed by atoms with E-state index in [0.717, 1.165) is 27.7 Å². The molecule has 1 heterocycles. The minimum atomic E-state index is -4.08. The van der Waals surface area contributed by atoms with Crippen LogP contribution in [0.3, 0.4) is 0 Å². The van der Waals surface area contributed by atoms with Gasteiger partial charge in [0.25, 0.3) is 0 Å². The number of rotatable bonds is 8. The monoisotopic (exact) mass is 449 g/mol. The average Bonchev–Trinajstić information content (AvgIpc) is 2.54. The molecule has 0 radical (unpaired) electrons. The summed E-state index contributed by atoms with van der Waals surface area (Å²) >= 11 is 0. The maximum atomic E-state index is 12.9. The lowest BCUT2D eigenvalue weighted by Gasteiger charge is -2.44. The van der Waals surface area contributed by atoms with Crippen molar-refractivity contribution in [3.05, 3.63) is 12.2 Å². The zero-order valence-corrected chi connectivity index (χ0v) is 18.3. The van der Waals surface area contributed by atoms with Gasteiger partial charge >= 0.3 is 17.9 Å². The van der Waals surface area contributed by atoms with E-state index in [4.69, 9.17) is 18.9 Å². The standard InChI is InChI=1S/C18H27NO10S/c1-9(2)8-30(24,25)18-15(19-10(3)20)17(28-13(6)23)16(27-12(5)22)14(29-18)7-26-11(4)21/h14-18H,1,7-8H2,2-6H3,(H,19,20)/t14-,15-,16+,17-,18?/m1/s1. The summed E-state index contributed by atoms with van der Waals surface area (Å²) in [4.78, 5) is 46.4. The molecule has 0 saturated carbocycles. The molecule has 1 unspecified atom stereocenters. The van der Waals surface area contributed by atoms with Gasteiger partial charge in [-0.15, -0.1) is 0 Å². The lowest BCUT2D eigenvalue weighted by molar-refractivity contribution is -0.212. The number of carbonyl (C=O) groups is 4. The molecule has 5 atom stereocenters. The van der Waals surface area contributed by atoms with Crippen molar-refractivity contribution in [3.8, 4) is 0 Å². The van der Waals surface area contributed by atoms with Crippen LogP contribution in [0.15, 0.2) is 12.2 Å². The number of nitrogens with one attached hydrogen (secondary N) is 1. The molecule has 0 aromatic heterocycles. The maximum absolute atomic E-state index is 12.9. The molecule has 170 valence electrons. The van der Waals surface area contributed by atoms with Crippen LogP contribution in [0.5, 0.6) is 0 Å². The zero-order valence-electron chi connectivity index (χ0n) is 17.5. The van der Waals surface area contributed by atoms with Gasteiger partial charge in [0.2, 0.25) is 5.91 Å². The van der Waals surface area contributed by atoms with E-state index in [9.17, 15) is 27.6 Å². The molecule has 1 aliphatic heterocycles. The lowest BCUT2D eigenvalue weighted by Crippen LogP contribution is -2.67. The smallest absolute Gasteiger partial charge is 0.303 e. The summed E-state index contributed by atoms with van der Waals surface area (Å²) in [5, 5.41) is 2.41. The van der Waals surface area contributed by atoms with Gasteiger partial charge < -0.3 is 24.3 Å². The van der Waals surface area contributed by atoms with E-state index in [-0.39, 0.29) is 0 Å². The Morgan fingerprint density at radius 1 is 0.933 bits per heavy atom. The largest absolute Gasteiger partial charge is 0.463 e. The molecule has 1 aliphatic rings. The van der Waals surface area contributed by atoms with Crippen molar-refractivity contribution in [2.75, 3.05) is 12.4 Å². The van der Waals surface area contributed by atoms with Crippen molar-refractivity contribution < 1.29 is 46.5 Å². The molecule has 1 amide bonds. The fourth-order valence-corrected chi connectivity index (χ4v) is 4.86. The first-order valence-corrected chi connectivity index (χ1v) is 10.7. The molecule has 0 aromatic rings. The van der Waals surface area contributed by atoms with E-state index in [1.165, 1.54) is 6.92 Å². The van der Waals surface area contributed by atoms with Gasteiger partial charge in [-0.1, -0.05) is 12.2 Å². The fourth-order valence-electron chi connectivity index (χ4n) is 3.02. The van der Waals surface area contributed by atoms with Gasteiger partial charge in [-0.2, -0.15) is 0 Å². The first kappa shape index (κ1) is 25.6. The molecule has 1 N–H and O–H groups in total. The van der Waals surface area contributed by atoms with Crippen LogP contribution in [0.1, 0.15) is 34.6 Å². The Balaban J connectivity index is 3.52. The summed E-state index contributed by atoms with van der Waals surface area (Å²) < 4.78 is 46.9. The predicted molar refractivity (Wildman–Crippen MR) is 103 cm³/mol. The SMILES string of the molecule is C=C(C)CS(=O)(=O)C1O[C@H](COC(C)=O)[C@H](OC(C)=O)[C@H](OC(C)=O)[C@H]1NC(C)=O. The van der Waals surface area contributed by atoms with E-state index in [1.54, 1.807) is 0 Å². The molecule has 0 aromatic carbocycles. The Morgan fingerprint density at radius 3 is 1.90 bits per heavy atom. The minimum Gasteiger partial charge on any atom is -0.463 e. The number of sulfone groups is 1. The van der Waals surface area contributed by atoms with Crippen molar-refractivity contribution in [3.63, 3.8) is 0 Å². The van der Waals surface area contributed by atoms with E-state index < -0.39 is 75.8 Å². The lowest BCUT2D eigenvalue weighted by atomic mass is 9.97. The Morgan fingerprint density at radius 2 is 1.47 bits per heavy atom. The van der Waals surface area contributed by atoms with Crippen LogP contribution in [0.25, 0.3) is 0 Å². The van der Waals surface area contributed by atoms with Crippen LogP contribution in [0.2, 0.25) is 0 Å². The summed E-state index contributed by atoms with van der Waals surface area (Å²) in [7, 11) is -4.08. The van der Waals surface area contributed by atoms with Crippen LogP contribution < -0.4 is 5.32 Å². The minimum absolute atomic E-state index is 0.308. The van der Waals surface area contributed by atoms with Crippen LogP contribution in [0, 0.1) is 0 Å². The van der Waals surface area contributed by atoms with Crippen LogP contribution in [-0.2, 0) is 48.0 Å². The first-order chi connectivity index (χ1) is 13.7. The van der Waals surface area contributed by atoms with E-state index >= 15 is 0 Å². The molecular formula is C18H27NO10S. The normalized spacial score (nSPS) is 26.2. The number of hydrogen-bond donors (Lipinski definition) is 1. The summed E-state index contributed by atoms with van der Waals surface area (Å²) in [6.07, 6.45) is -4.05. The number of amides is 1. The molecule has 1 fully saturated rings. The second-order valence-corrected chi connectivity index (χ2v) is 9.06. The molecule has 30 heavy (non-hydrogen) atoms. The number of esters is 3. The van der Waals surface area contributed by atoms with Gasteiger partial charge in [0.1, 0.15) is 18.8 Å². The van der Waals surface area contributed by atoms with Gasteiger partial charge in [0.15, 0.2) is 27.5 Å². The second-order valence-electron chi connectivity index (χ2n) is 6.98. The highest BCUT2D eigenvalue weighted by atomic mass is 32.2. The first-order valence-electron chi connectivity index (χ1n) is 9.01. The van der Waals surface area contributed by atoms with E-state index in [0.29, 0.717) is 5.57 Å². The molecule has 1 rings (SSSR count). The van der Waals surface area contributed by atoms with Gasteiger partial charge in [-0.25, -0.2) is 8.42 Å². The van der Waals surface area contributed by atoms with Crippen LogP contribution in [0.4, 0.5) is 0 Å². The van der Waals surface area contributed by atoms with Crippen LogP contribution >= 0.6 is 0 Å². The second kappa shape index (κ2) is 10.5. The third-order valence-corrected chi connectivity index (χ3v) is 5.88. The Kier molecular flexibility index (Phi) is 8.97.